The van der Waals surface area contributed by atoms with E-state index in [1.807, 2.05) is 0 Å². The van der Waals surface area contributed by atoms with Crippen molar-refractivity contribution in [3.63, 3.8) is 0 Å². The number of fused-ring (bicyclic) bond motifs is 1. The Balaban J connectivity index is 2.13. The van der Waals surface area contributed by atoms with E-state index < -0.39 is 0 Å². The zero-order valence-corrected chi connectivity index (χ0v) is 9.84. The normalized spacial score (nSPS) is 33.9. The zero-order chi connectivity index (χ0) is 11.5. The van der Waals surface area contributed by atoms with Crippen molar-refractivity contribution in [3.8, 4) is 11.8 Å². The van der Waals surface area contributed by atoms with Crippen molar-refractivity contribution in [2.75, 3.05) is 6.61 Å². The Bertz CT molecular complexity index is 355. The Hall–Kier alpha value is -1.00. The van der Waals surface area contributed by atoms with Crippen LogP contribution in [0.4, 0.5) is 0 Å². The molecule has 2 fully saturated rings. The molecular formula is C15H20O. The summed E-state index contributed by atoms with van der Waals surface area (Å²) in [4.78, 5) is 0. The van der Waals surface area contributed by atoms with E-state index in [1.54, 1.807) is 0 Å². The molecule has 2 saturated carbocycles. The largest absolute Gasteiger partial charge is 0.384 e. The molecule has 0 aromatic carbocycles. The molecule has 86 valence electrons. The second-order valence-electron chi connectivity index (χ2n) is 5.02. The van der Waals surface area contributed by atoms with Crippen LogP contribution in [0.1, 0.15) is 32.1 Å². The molecule has 0 radical (unpaired) electrons. The first-order valence-corrected chi connectivity index (χ1v) is 6.17. The minimum Gasteiger partial charge on any atom is -0.384 e. The van der Waals surface area contributed by atoms with Crippen molar-refractivity contribution < 1.29 is 5.11 Å². The highest BCUT2D eigenvalue weighted by molar-refractivity contribution is 5.21. The minimum absolute atomic E-state index is 0.0213. The van der Waals surface area contributed by atoms with Gasteiger partial charge in [-0.1, -0.05) is 36.1 Å². The van der Waals surface area contributed by atoms with Gasteiger partial charge in [-0.05, 0) is 43.9 Å². The maximum atomic E-state index is 8.75. The Morgan fingerprint density at radius 3 is 2.56 bits per heavy atom. The van der Waals surface area contributed by atoms with E-state index >= 15 is 0 Å². The third-order valence-electron chi connectivity index (χ3n) is 4.05. The number of aliphatic hydroxyl groups is 1. The van der Waals surface area contributed by atoms with Crippen LogP contribution in [-0.4, -0.2) is 11.7 Å². The van der Waals surface area contributed by atoms with Gasteiger partial charge in [0.2, 0.25) is 0 Å². The van der Waals surface area contributed by atoms with Crippen LogP contribution in [0, 0.1) is 29.6 Å². The monoisotopic (exact) mass is 216 g/mol. The predicted octanol–water partition coefficient (Wildman–Crippen LogP) is 2.92. The van der Waals surface area contributed by atoms with Crippen molar-refractivity contribution in [2.24, 2.45) is 17.8 Å². The molecule has 2 aliphatic rings. The van der Waals surface area contributed by atoms with Crippen LogP contribution in [0.15, 0.2) is 24.3 Å². The average molecular weight is 216 g/mol. The number of hydrogen-bond acceptors (Lipinski definition) is 1. The molecule has 0 spiro atoms. The van der Waals surface area contributed by atoms with E-state index in [0.29, 0.717) is 17.8 Å². The van der Waals surface area contributed by atoms with Crippen LogP contribution in [0.3, 0.4) is 0 Å². The lowest BCUT2D eigenvalue weighted by molar-refractivity contribution is 0.350. The maximum absolute atomic E-state index is 8.75. The molecule has 2 rings (SSSR count). The van der Waals surface area contributed by atoms with Crippen LogP contribution in [-0.2, 0) is 0 Å². The summed E-state index contributed by atoms with van der Waals surface area (Å²) in [6, 6.07) is 0. The highest BCUT2D eigenvalue weighted by atomic mass is 16.2. The van der Waals surface area contributed by atoms with Gasteiger partial charge in [0, 0.05) is 5.92 Å². The van der Waals surface area contributed by atoms with Gasteiger partial charge in [-0.3, -0.25) is 0 Å². The van der Waals surface area contributed by atoms with E-state index in [-0.39, 0.29) is 6.61 Å². The molecule has 1 heteroatoms. The number of rotatable bonds is 0. The topological polar surface area (TPSA) is 20.2 Å². The van der Waals surface area contributed by atoms with Crippen molar-refractivity contribution in [1.82, 2.24) is 0 Å². The predicted molar refractivity (Wildman–Crippen MR) is 66.7 cm³/mol. The summed E-state index contributed by atoms with van der Waals surface area (Å²) in [6.45, 7) is 8.40. The molecule has 0 aliphatic heterocycles. The maximum Gasteiger partial charge on any atom is 0.104 e. The molecule has 3 atom stereocenters. The minimum atomic E-state index is -0.0213. The van der Waals surface area contributed by atoms with Gasteiger partial charge in [0.05, 0.1) is 0 Å². The summed E-state index contributed by atoms with van der Waals surface area (Å²) in [7, 11) is 0. The van der Waals surface area contributed by atoms with Gasteiger partial charge in [-0.25, -0.2) is 0 Å². The van der Waals surface area contributed by atoms with Crippen LogP contribution in [0.25, 0.3) is 0 Å². The number of aliphatic hydroxyl groups excluding tert-OH is 1. The Kier molecular flexibility index (Phi) is 3.51. The number of allylic oxidation sites excluding steroid dienone is 2. The standard InChI is InChI=1S/C15H20O/c1-11-5-7-13(4-3-9-16)10-15-12(2)6-8-14(11)15/h13-16H,1-2,5-10H2/t13-,14+,15+/m1/s1. The highest BCUT2D eigenvalue weighted by Gasteiger charge is 2.35. The van der Waals surface area contributed by atoms with Gasteiger partial charge in [-0.2, -0.15) is 0 Å². The first-order chi connectivity index (χ1) is 7.72. The molecule has 0 aromatic rings. The fourth-order valence-corrected chi connectivity index (χ4v) is 3.12. The summed E-state index contributed by atoms with van der Waals surface area (Å²) in [6.07, 6.45) is 5.72. The molecule has 0 saturated heterocycles. The van der Waals surface area contributed by atoms with E-state index in [2.05, 4.69) is 25.0 Å². The third-order valence-corrected chi connectivity index (χ3v) is 4.05. The lowest BCUT2D eigenvalue weighted by atomic mass is 9.85. The Morgan fingerprint density at radius 2 is 1.81 bits per heavy atom. The van der Waals surface area contributed by atoms with Crippen molar-refractivity contribution in [2.45, 2.75) is 32.1 Å². The first-order valence-electron chi connectivity index (χ1n) is 6.17. The lowest BCUT2D eigenvalue weighted by Crippen LogP contribution is -2.10. The first kappa shape index (κ1) is 11.5. The van der Waals surface area contributed by atoms with Crippen molar-refractivity contribution in [1.29, 1.82) is 0 Å². The summed E-state index contributed by atoms with van der Waals surface area (Å²) < 4.78 is 0. The van der Waals surface area contributed by atoms with E-state index in [9.17, 15) is 0 Å². The van der Waals surface area contributed by atoms with E-state index in [1.165, 1.54) is 17.6 Å². The molecule has 0 aromatic heterocycles. The van der Waals surface area contributed by atoms with Gasteiger partial charge in [-0.15, -0.1) is 0 Å². The van der Waals surface area contributed by atoms with E-state index in [4.69, 9.17) is 5.11 Å². The molecule has 0 amide bonds. The smallest absolute Gasteiger partial charge is 0.104 e. The van der Waals surface area contributed by atoms with Crippen LogP contribution in [0.5, 0.6) is 0 Å². The molecular weight excluding hydrogens is 196 g/mol. The number of hydrogen-bond donors (Lipinski definition) is 1. The molecule has 1 nitrogen and oxygen atoms in total. The molecule has 16 heavy (non-hydrogen) atoms. The molecule has 0 unspecified atom stereocenters. The second kappa shape index (κ2) is 4.89. The molecule has 1 N–H and O–H groups in total. The SMILES string of the molecule is C=C1CC[C@@H](C#CCO)C[C@H]2C(=C)CC[C@@H]12. The summed E-state index contributed by atoms with van der Waals surface area (Å²) in [5, 5.41) is 8.75. The van der Waals surface area contributed by atoms with Crippen LogP contribution >= 0.6 is 0 Å². The molecule has 2 aliphatic carbocycles. The van der Waals surface area contributed by atoms with Gasteiger partial charge in [0.25, 0.3) is 0 Å². The zero-order valence-electron chi connectivity index (χ0n) is 9.84. The summed E-state index contributed by atoms with van der Waals surface area (Å²) in [5.41, 5.74) is 2.79. The highest BCUT2D eigenvalue weighted by Crippen LogP contribution is 2.46. The van der Waals surface area contributed by atoms with Crippen molar-refractivity contribution in [3.05, 3.63) is 24.3 Å². The summed E-state index contributed by atoms with van der Waals surface area (Å²) >= 11 is 0. The lowest BCUT2D eigenvalue weighted by Gasteiger charge is -2.19. The van der Waals surface area contributed by atoms with Crippen LogP contribution in [0.2, 0.25) is 0 Å². The quantitative estimate of drug-likeness (QED) is 0.487. The van der Waals surface area contributed by atoms with E-state index in [0.717, 1.165) is 25.7 Å². The average Bonchev–Trinajstić information content (AvgIpc) is 2.55. The fraction of sp³-hybridized carbons (Fsp3) is 0.600. The Morgan fingerprint density at radius 1 is 1.12 bits per heavy atom. The van der Waals surface area contributed by atoms with Gasteiger partial charge < -0.3 is 5.11 Å². The van der Waals surface area contributed by atoms with Crippen LogP contribution < -0.4 is 0 Å². The molecule has 0 heterocycles. The van der Waals surface area contributed by atoms with Gasteiger partial charge in [0.15, 0.2) is 0 Å². The second-order valence-corrected chi connectivity index (χ2v) is 5.02. The van der Waals surface area contributed by atoms with Crippen molar-refractivity contribution >= 4 is 0 Å². The Labute approximate surface area is 98.3 Å². The third kappa shape index (κ3) is 2.23. The van der Waals surface area contributed by atoms with Gasteiger partial charge >= 0.3 is 0 Å². The van der Waals surface area contributed by atoms with Gasteiger partial charge in [0.1, 0.15) is 6.61 Å². The summed E-state index contributed by atoms with van der Waals surface area (Å²) in [5.74, 6) is 7.67. The molecule has 0 bridgehead atoms. The fourth-order valence-electron chi connectivity index (χ4n) is 3.12.